The van der Waals surface area contributed by atoms with Crippen LogP contribution in [0.1, 0.15) is 39.0 Å². The lowest BCUT2D eigenvalue weighted by Crippen LogP contribution is -2.55. The molecule has 0 radical (unpaired) electrons. The summed E-state index contributed by atoms with van der Waals surface area (Å²) in [5.41, 5.74) is 2.20. The van der Waals surface area contributed by atoms with E-state index in [1.54, 1.807) is 46.2 Å². The minimum absolute atomic E-state index is 0.0350. The Morgan fingerprint density at radius 1 is 0.895 bits per heavy atom. The second-order valence-corrected chi connectivity index (χ2v) is 9.16. The van der Waals surface area contributed by atoms with E-state index in [-0.39, 0.29) is 41.8 Å². The number of aromatic nitrogens is 2. The summed E-state index contributed by atoms with van der Waals surface area (Å²) in [6.45, 7) is 2.99. The van der Waals surface area contributed by atoms with Crippen molar-refractivity contribution >= 4 is 17.6 Å². The zero-order chi connectivity index (χ0) is 26.6. The Morgan fingerprint density at radius 2 is 1.55 bits per heavy atom. The summed E-state index contributed by atoms with van der Waals surface area (Å²) in [7, 11) is 0. The van der Waals surface area contributed by atoms with Crippen LogP contribution in [0.2, 0.25) is 0 Å². The molecule has 1 aliphatic heterocycles. The lowest BCUT2D eigenvalue weighted by atomic mass is 10.0. The topological polar surface area (TPSA) is 96.6 Å². The average Bonchev–Trinajstić information content (AvgIpc) is 3.41. The maximum Gasteiger partial charge on any atom is 0.257 e. The number of piperazine rings is 1. The highest BCUT2D eigenvalue weighted by Crippen LogP contribution is 2.20. The normalized spacial score (nSPS) is 15.4. The minimum Gasteiger partial charge on any atom is -0.338 e. The van der Waals surface area contributed by atoms with Gasteiger partial charge in [-0.1, -0.05) is 47.6 Å². The van der Waals surface area contributed by atoms with Crippen molar-refractivity contribution in [2.45, 2.75) is 19.4 Å². The molecule has 0 saturated carbocycles. The third-order valence-electron chi connectivity index (χ3n) is 6.54. The molecule has 5 rings (SSSR count). The van der Waals surface area contributed by atoms with Gasteiger partial charge in [-0.3, -0.25) is 14.4 Å². The summed E-state index contributed by atoms with van der Waals surface area (Å²) in [6.07, 6.45) is -0.0350. The Hall–Kier alpha value is -4.66. The van der Waals surface area contributed by atoms with Gasteiger partial charge < -0.3 is 14.3 Å². The Morgan fingerprint density at radius 3 is 2.24 bits per heavy atom. The number of carbonyl (C=O) groups excluding carboxylic acids is 3. The number of nitrogens with zero attached hydrogens (tertiary/aromatic N) is 4. The number of benzene rings is 3. The molecular formula is C29H25FN4O4. The van der Waals surface area contributed by atoms with Gasteiger partial charge in [-0.2, -0.15) is 4.98 Å². The van der Waals surface area contributed by atoms with Gasteiger partial charge in [0.25, 0.3) is 11.8 Å². The summed E-state index contributed by atoms with van der Waals surface area (Å²) >= 11 is 0. The smallest absolute Gasteiger partial charge is 0.257 e. The molecule has 2 heterocycles. The number of carbonyl (C=O) groups is 3. The maximum atomic E-state index is 13.2. The number of halogens is 1. The van der Waals surface area contributed by atoms with Crippen molar-refractivity contribution in [3.63, 3.8) is 0 Å². The molecule has 1 unspecified atom stereocenters. The predicted molar refractivity (Wildman–Crippen MR) is 137 cm³/mol. The van der Waals surface area contributed by atoms with Crippen molar-refractivity contribution in [3.8, 4) is 11.5 Å². The zero-order valence-electron chi connectivity index (χ0n) is 20.7. The summed E-state index contributed by atoms with van der Waals surface area (Å²) < 4.78 is 18.5. The van der Waals surface area contributed by atoms with Crippen molar-refractivity contribution in [1.29, 1.82) is 0 Å². The molecule has 38 heavy (non-hydrogen) atoms. The van der Waals surface area contributed by atoms with Gasteiger partial charge in [-0.05, 0) is 43.3 Å². The molecule has 4 aromatic rings. The van der Waals surface area contributed by atoms with Gasteiger partial charge in [0.1, 0.15) is 5.82 Å². The van der Waals surface area contributed by atoms with Gasteiger partial charge in [-0.25, -0.2) is 4.39 Å². The van der Waals surface area contributed by atoms with Crippen LogP contribution in [0, 0.1) is 5.82 Å². The molecule has 1 atom stereocenters. The van der Waals surface area contributed by atoms with Crippen LogP contribution < -0.4 is 0 Å². The molecule has 1 fully saturated rings. The van der Waals surface area contributed by atoms with Crippen molar-refractivity contribution in [1.82, 2.24) is 19.9 Å². The first-order valence-electron chi connectivity index (χ1n) is 12.3. The SMILES string of the molecule is CC1CN(C(=O)Cc2noc(-c3ccc(C(=O)c4ccccc4)cc3)n2)CCN1C(=O)c1ccc(F)cc1. The van der Waals surface area contributed by atoms with Crippen LogP contribution in [0.5, 0.6) is 0 Å². The van der Waals surface area contributed by atoms with E-state index >= 15 is 0 Å². The summed E-state index contributed by atoms with van der Waals surface area (Å²) in [4.78, 5) is 46.1. The van der Waals surface area contributed by atoms with Gasteiger partial charge in [-0.15, -0.1) is 0 Å². The predicted octanol–water partition coefficient (Wildman–Crippen LogP) is 4.02. The van der Waals surface area contributed by atoms with E-state index < -0.39 is 5.82 Å². The van der Waals surface area contributed by atoms with E-state index in [9.17, 15) is 18.8 Å². The van der Waals surface area contributed by atoms with E-state index in [0.717, 1.165) is 0 Å². The Kier molecular flexibility index (Phi) is 7.08. The average molecular weight is 513 g/mol. The number of hydrogen-bond acceptors (Lipinski definition) is 6. The molecule has 9 heteroatoms. The fourth-order valence-electron chi connectivity index (χ4n) is 4.45. The standard InChI is InChI=1S/C29H25FN4O4/c1-19-18-33(15-16-34(19)29(37)23-11-13-24(30)14-12-23)26(35)17-25-31-28(38-32-25)22-9-7-21(8-10-22)27(36)20-5-3-2-4-6-20/h2-14,19H,15-18H2,1H3. The van der Waals surface area contributed by atoms with E-state index in [2.05, 4.69) is 10.1 Å². The molecule has 1 saturated heterocycles. The monoisotopic (exact) mass is 512 g/mol. The van der Waals surface area contributed by atoms with Crippen LogP contribution in [0.15, 0.2) is 83.4 Å². The third kappa shape index (κ3) is 5.36. The first-order chi connectivity index (χ1) is 18.4. The molecule has 8 nitrogen and oxygen atoms in total. The largest absolute Gasteiger partial charge is 0.338 e. The van der Waals surface area contributed by atoms with E-state index in [4.69, 9.17) is 4.52 Å². The van der Waals surface area contributed by atoms with Gasteiger partial charge in [0.05, 0.1) is 6.42 Å². The van der Waals surface area contributed by atoms with Crippen LogP contribution in [0.4, 0.5) is 4.39 Å². The first kappa shape index (κ1) is 25.0. The van der Waals surface area contributed by atoms with E-state index in [1.807, 2.05) is 25.1 Å². The highest BCUT2D eigenvalue weighted by atomic mass is 19.1. The summed E-state index contributed by atoms with van der Waals surface area (Å²) in [5, 5.41) is 3.95. The van der Waals surface area contributed by atoms with Crippen molar-refractivity contribution in [3.05, 3.63) is 107 Å². The van der Waals surface area contributed by atoms with Gasteiger partial charge in [0.2, 0.25) is 5.91 Å². The van der Waals surface area contributed by atoms with Crippen LogP contribution in [-0.4, -0.2) is 63.2 Å². The molecule has 1 aliphatic rings. The molecule has 0 bridgehead atoms. The van der Waals surface area contributed by atoms with Gasteiger partial charge in [0, 0.05) is 47.9 Å². The molecule has 0 N–H and O–H groups in total. The molecule has 0 aliphatic carbocycles. The molecular weight excluding hydrogens is 487 g/mol. The van der Waals surface area contributed by atoms with Gasteiger partial charge >= 0.3 is 0 Å². The van der Waals surface area contributed by atoms with Crippen molar-refractivity contribution in [2.24, 2.45) is 0 Å². The quantitative estimate of drug-likeness (QED) is 0.362. The number of hydrogen-bond donors (Lipinski definition) is 0. The Balaban J connectivity index is 1.18. The van der Waals surface area contributed by atoms with Crippen LogP contribution in [0.3, 0.4) is 0 Å². The van der Waals surface area contributed by atoms with Crippen LogP contribution in [0.25, 0.3) is 11.5 Å². The van der Waals surface area contributed by atoms with Crippen molar-refractivity contribution < 1.29 is 23.3 Å². The second kappa shape index (κ2) is 10.8. The highest BCUT2D eigenvalue weighted by Gasteiger charge is 2.31. The Bertz CT molecular complexity index is 1450. The lowest BCUT2D eigenvalue weighted by molar-refractivity contribution is -0.133. The van der Waals surface area contributed by atoms with Crippen molar-refractivity contribution in [2.75, 3.05) is 19.6 Å². The molecule has 192 valence electrons. The fraction of sp³-hybridized carbons (Fsp3) is 0.207. The van der Waals surface area contributed by atoms with Crippen LogP contribution in [-0.2, 0) is 11.2 Å². The molecule has 1 aromatic heterocycles. The third-order valence-corrected chi connectivity index (χ3v) is 6.54. The minimum atomic E-state index is -0.398. The number of ketones is 1. The summed E-state index contributed by atoms with van der Waals surface area (Å²) in [5.74, 6) is -0.320. The zero-order valence-corrected chi connectivity index (χ0v) is 20.7. The first-order valence-corrected chi connectivity index (χ1v) is 12.3. The molecule has 0 spiro atoms. The molecule has 2 amide bonds. The van der Waals surface area contributed by atoms with E-state index in [1.165, 1.54) is 24.3 Å². The second-order valence-electron chi connectivity index (χ2n) is 9.16. The van der Waals surface area contributed by atoms with Gasteiger partial charge in [0.15, 0.2) is 11.6 Å². The number of amides is 2. The number of rotatable bonds is 6. The van der Waals surface area contributed by atoms with Crippen LogP contribution >= 0.6 is 0 Å². The van der Waals surface area contributed by atoms with E-state index in [0.29, 0.717) is 41.9 Å². The fourth-order valence-corrected chi connectivity index (χ4v) is 4.45. The summed E-state index contributed by atoms with van der Waals surface area (Å²) in [6, 6.07) is 21.1. The molecule has 3 aromatic carbocycles. The lowest BCUT2D eigenvalue weighted by Gasteiger charge is -2.39. The Labute approximate surface area is 218 Å². The highest BCUT2D eigenvalue weighted by molar-refractivity contribution is 6.09. The maximum absolute atomic E-state index is 13.2.